The highest BCUT2D eigenvalue weighted by atomic mass is 32.2. The first-order valence-corrected chi connectivity index (χ1v) is 11.2. The van der Waals surface area contributed by atoms with Gasteiger partial charge in [0, 0.05) is 23.6 Å². The van der Waals surface area contributed by atoms with Crippen molar-refractivity contribution >= 4 is 32.9 Å². The highest BCUT2D eigenvalue weighted by Crippen LogP contribution is 2.43. The highest BCUT2D eigenvalue weighted by molar-refractivity contribution is 7.91. The van der Waals surface area contributed by atoms with E-state index in [1.54, 1.807) is 13.8 Å². The van der Waals surface area contributed by atoms with Crippen LogP contribution in [0.2, 0.25) is 0 Å². The van der Waals surface area contributed by atoms with Crippen molar-refractivity contribution in [2.45, 2.75) is 31.3 Å². The third-order valence-electron chi connectivity index (χ3n) is 5.01. The second-order valence-electron chi connectivity index (χ2n) is 7.91. The van der Waals surface area contributed by atoms with Gasteiger partial charge in [0.1, 0.15) is 11.1 Å². The van der Waals surface area contributed by atoms with Crippen LogP contribution >= 0.6 is 0 Å². The fourth-order valence-electron chi connectivity index (χ4n) is 3.45. The summed E-state index contributed by atoms with van der Waals surface area (Å²) in [5.41, 5.74) is -0.762. The van der Waals surface area contributed by atoms with Crippen molar-refractivity contribution < 1.29 is 27.3 Å². The lowest BCUT2D eigenvalue weighted by Gasteiger charge is -2.26. The molecule has 2 heterocycles. The molecular weight excluding hydrogens is 430 g/mol. The SMILES string of the molecule is COc1c(N2C(=O)C(C)(C)CC2C(=O)Nc2ccnc(S(C)(=N)=O)c2)ccc(F)c1F. The lowest BCUT2D eigenvalue weighted by atomic mass is 9.89. The van der Waals surface area contributed by atoms with E-state index in [0.29, 0.717) is 0 Å². The number of amides is 2. The fourth-order valence-corrected chi connectivity index (χ4v) is 4.06. The molecule has 31 heavy (non-hydrogen) atoms. The Morgan fingerprint density at radius 1 is 1.35 bits per heavy atom. The summed E-state index contributed by atoms with van der Waals surface area (Å²) in [7, 11) is -1.96. The summed E-state index contributed by atoms with van der Waals surface area (Å²) < 4.78 is 52.5. The molecule has 2 atom stereocenters. The Bertz CT molecular complexity index is 1170. The molecule has 0 aliphatic carbocycles. The maximum absolute atomic E-state index is 14.3. The van der Waals surface area contributed by atoms with Crippen molar-refractivity contribution in [3.05, 3.63) is 42.1 Å². The first-order valence-electron chi connectivity index (χ1n) is 9.23. The van der Waals surface area contributed by atoms with E-state index in [1.807, 2.05) is 0 Å². The zero-order chi connectivity index (χ0) is 23.1. The number of nitrogens with zero attached hydrogens (tertiary/aromatic N) is 2. The van der Waals surface area contributed by atoms with E-state index in [1.165, 1.54) is 30.7 Å². The molecule has 2 unspecified atom stereocenters. The Balaban J connectivity index is 2.01. The molecule has 166 valence electrons. The number of pyridine rings is 1. The first kappa shape index (κ1) is 22.6. The van der Waals surface area contributed by atoms with Crippen LogP contribution in [0, 0.1) is 21.8 Å². The van der Waals surface area contributed by atoms with E-state index < -0.39 is 50.4 Å². The Morgan fingerprint density at radius 3 is 2.65 bits per heavy atom. The zero-order valence-corrected chi connectivity index (χ0v) is 18.2. The number of benzene rings is 1. The predicted octanol–water partition coefficient (Wildman–Crippen LogP) is 3.17. The first-order chi connectivity index (χ1) is 14.4. The van der Waals surface area contributed by atoms with Gasteiger partial charge in [0.15, 0.2) is 11.6 Å². The molecule has 0 radical (unpaired) electrons. The minimum absolute atomic E-state index is 0.00717. The monoisotopic (exact) mass is 452 g/mol. The average molecular weight is 452 g/mol. The number of ether oxygens (including phenoxy) is 1. The lowest BCUT2D eigenvalue weighted by Crippen LogP contribution is -2.42. The van der Waals surface area contributed by atoms with E-state index in [0.717, 1.165) is 18.1 Å². The molecular formula is C20H22F2N4O4S. The molecule has 8 nitrogen and oxygen atoms in total. The van der Waals surface area contributed by atoms with Crippen LogP contribution in [0.25, 0.3) is 0 Å². The molecule has 2 aromatic rings. The quantitative estimate of drug-likeness (QED) is 0.724. The van der Waals surface area contributed by atoms with Crippen molar-refractivity contribution in [3.8, 4) is 5.75 Å². The van der Waals surface area contributed by atoms with Gasteiger partial charge in [-0.2, -0.15) is 4.39 Å². The lowest BCUT2D eigenvalue weighted by molar-refractivity contribution is -0.124. The summed E-state index contributed by atoms with van der Waals surface area (Å²) in [5, 5.41) is 2.62. The molecule has 1 aliphatic rings. The standard InChI is InChI=1S/C20H22F2N4O4S/c1-20(2)10-14(18(27)25-11-7-8-24-15(9-11)31(4,23)29)26(19(20)28)13-6-5-12(21)16(22)17(13)30-3/h5-9,14,23H,10H2,1-4H3,(H,24,25,27). The third-order valence-corrected chi connectivity index (χ3v) is 6.03. The van der Waals surface area contributed by atoms with Crippen molar-refractivity contribution in [3.63, 3.8) is 0 Å². The minimum atomic E-state index is -3.10. The number of rotatable bonds is 5. The summed E-state index contributed by atoms with van der Waals surface area (Å²) in [6, 6.07) is 3.78. The van der Waals surface area contributed by atoms with Crippen molar-refractivity contribution in [2.75, 3.05) is 23.6 Å². The molecule has 1 fully saturated rings. The van der Waals surface area contributed by atoms with Crippen molar-refractivity contribution in [1.82, 2.24) is 4.98 Å². The Hall–Kier alpha value is -3.08. The molecule has 2 N–H and O–H groups in total. The number of hydrogen-bond donors (Lipinski definition) is 2. The van der Waals surface area contributed by atoms with Crippen LogP contribution in [0.15, 0.2) is 35.5 Å². The van der Waals surface area contributed by atoms with Gasteiger partial charge in [-0.25, -0.2) is 18.4 Å². The van der Waals surface area contributed by atoms with Crippen LogP contribution in [0.1, 0.15) is 20.3 Å². The third kappa shape index (κ3) is 4.22. The summed E-state index contributed by atoms with van der Waals surface area (Å²) in [6.45, 7) is 3.30. The van der Waals surface area contributed by atoms with Crippen molar-refractivity contribution in [1.29, 1.82) is 4.78 Å². The van der Waals surface area contributed by atoms with Crippen LogP contribution < -0.4 is 15.0 Å². The summed E-state index contributed by atoms with van der Waals surface area (Å²) >= 11 is 0. The molecule has 0 spiro atoms. The maximum Gasteiger partial charge on any atom is 0.247 e. The minimum Gasteiger partial charge on any atom is -0.491 e. The topological polar surface area (TPSA) is 112 Å². The molecule has 3 rings (SSSR count). The fraction of sp³-hybridized carbons (Fsp3) is 0.350. The Labute approximate surface area is 178 Å². The number of anilines is 2. The van der Waals surface area contributed by atoms with Gasteiger partial charge in [-0.05, 0) is 30.7 Å². The van der Waals surface area contributed by atoms with E-state index in [4.69, 9.17) is 9.52 Å². The summed E-state index contributed by atoms with van der Waals surface area (Å²) in [5.74, 6) is -3.92. The molecule has 0 bridgehead atoms. The van der Waals surface area contributed by atoms with Gasteiger partial charge in [-0.3, -0.25) is 14.5 Å². The van der Waals surface area contributed by atoms with Gasteiger partial charge in [-0.1, -0.05) is 13.8 Å². The Morgan fingerprint density at radius 2 is 2.03 bits per heavy atom. The largest absolute Gasteiger partial charge is 0.491 e. The van der Waals surface area contributed by atoms with Crippen LogP contribution in [0.3, 0.4) is 0 Å². The second kappa shape index (κ2) is 7.88. The molecule has 0 saturated carbocycles. The zero-order valence-electron chi connectivity index (χ0n) is 17.4. The number of aromatic nitrogens is 1. The van der Waals surface area contributed by atoms with Gasteiger partial charge in [-0.15, -0.1) is 0 Å². The molecule has 1 aliphatic heterocycles. The van der Waals surface area contributed by atoms with Gasteiger partial charge in [0.05, 0.1) is 22.5 Å². The van der Waals surface area contributed by atoms with Gasteiger partial charge in [0.2, 0.25) is 17.6 Å². The van der Waals surface area contributed by atoms with Crippen LogP contribution in [-0.2, 0) is 19.3 Å². The number of nitrogens with one attached hydrogen (secondary N) is 2. The molecule has 11 heteroatoms. The molecule has 1 aromatic heterocycles. The van der Waals surface area contributed by atoms with Crippen LogP contribution in [0.5, 0.6) is 5.75 Å². The van der Waals surface area contributed by atoms with Crippen LogP contribution in [-0.4, -0.2) is 40.4 Å². The normalized spacial score (nSPS) is 19.7. The average Bonchev–Trinajstić information content (AvgIpc) is 2.93. The number of methoxy groups -OCH3 is 1. The number of hydrogen-bond acceptors (Lipinski definition) is 6. The molecule has 1 saturated heterocycles. The molecule has 1 aromatic carbocycles. The number of carbonyl (C=O) groups excluding carboxylic acids is 2. The van der Waals surface area contributed by atoms with Gasteiger partial charge >= 0.3 is 0 Å². The smallest absolute Gasteiger partial charge is 0.247 e. The molecule has 2 amide bonds. The highest BCUT2D eigenvalue weighted by Gasteiger charge is 2.50. The maximum atomic E-state index is 14.3. The van der Waals surface area contributed by atoms with E-state index >= 15 is 0 Å². The van der Waals surface area contributed by atoms with Crippen LogP contribution in [0.4, 0.5) is 20.2 Å². The summed E-state index contributed by atoms with van der Waals surface area (Å²) in [4.78, 5) is 31.1. The van der Waals surface area contributed by atoms with Gasteiger partial charge in [0.25, 0.3) is 0 Å². The second-order valence-corrected chi connectivity index (χ2v) is 10.0. The summed E-state index contributed by atoms with van der Waals surface area (Å²) in [6.07, 6.45) is 2.62. The van der Waals surface area contributed by atoms with Crippen molar-refractivity contribution in [2.24, 2.45) is 5.41 Å². The van der Waals surface area contributed by atoms with Gasteiger partial charge < -0.3 is 10.1 Å². The Kier molecular flexibility index (Phi) is 5.74. The van der Waals surface area contributed by atoms with E-state index in [-0.39, 0.29) is 22.8 Å². The number of carbonyl (C=O) groups is 2. The van der Waals surface area contributed by atoms with E-state index in [9.17, 15) is 22.6 Å². The predicted molar refractivity (Wildman–Crippen MR) is 111 cm³/mol. The number of halogens is 2. The van der Waals surface area contributed by atoms with E-state index in [2.05, 4.69) is 10.3 Å².